The molecule has 1 heterocycles. The Morgan fingerprint density at radius 2 is 1.55 bits per heavy atom. The molecule has 22 heavy (non-hydrogen) atoms. The Morgan fingerprint density at radius 1 is 1.00 bits per heavy atom. The van der Waals surface area contributed by atoms with Crippen molar-refractivity contribution in [2.75, 3.05) is 26.2 Å². The molecular formula is C16H24Cl2F2N2. The second-order valence-electron chi connectivity index (χ2n) is 5.91. The van der Waals surface area contributed by atoms with Gasteiger partial charge in [0.1, 0.15) is 11.6 Å². The molecule has 1 aliphatic carbocycles. The second-order valence-corrected chi connectivity index (χ2v) is 5.91. The minimum atomic E-state index is -0.388. The van der Waals surface area contributed by atoms with Crippen LogP contribution in [-0.4, -0.2) is 31.1 Å². The van der Waals surface area contributed by atoms with Crippen molar-refractivity contribution in [3.8, 4) is 0 Å². The molecule has 1 aliphatic heterocycles. The van der Waals surface area contributed by atoms with Crippen LogP contribution in [0, 0.1) is 17.6 Å². The summed E-state index contributed by atoms with van der Waals surface area (Å²) in [4.78, 5) is 2.27. The smallest absolute Gasteiger partial charge is 0.130 e. The van der Waals surface area contributed by atoms with Gasteiger partial charge in [-0.3, -0.25) is 4.90 Å². The molecule has 0 unspecified atom stereocenters. The highest BCUT2D eigenvalue weighted by atomic mass is 35.5. The van der Waals surface area contributed by atoms with Gasteiger partial charge in [0, 0.05) is 37.8 Å². The van der Waals surface area contributed by atoms with Gasteiger partial charge in [0.2, 0.25) is 0 Å². The van der Waals surface area contributed by atoms with E-state index in [-0.39, 0.29) is 42.5 Å². The van der Waals surface area contributed by atoms with E-state index in [9.17, 15) is 8.78 Å². The number of hydrogen-bond donors (Lipinski definition) is 1. The topological polar surface area (TPSA) is 15.3 Å². The zero-order chi connectivity index (χ0) is 13.9. The van der Waals surface area contributed by atoms with Crippen molar-refractivity contribution < 1.29 is 8.78 Å². The fourth-order valence-electron chi connectivity index (χ4n) is 3.74. The molecule has 2 fully saturated rings. The van der Waals surface area contributed by atoms with E-state index in [0.29, 0.717) is 11.5 Å². The van der Waals surface area contributed by atoms with Crippen molar-refractivity contribution >= 4 is 24.8 Å². The van der Waals surface area contributed by atoms with E-state index in [2.05, 4.69) is 10.2 Å². The van der Waals surface area contributed by atoms with E-state index in [1.54, 1.807) is 0 Å². The van der Waals surface area contributed by atoms with Crippen LogP contribution in [0.15, 0.2) is 18.2 Å². The van der Waals surface area contributed by atoms with Crippen LogP contribution in [0.2, 0.25) is 0 Å². The highest BCUT2D eigenvalue weighted by Gasteiger charge is 2.35. The first-order valence-electron chi connectivity index (χ1n) is 7.66. The van der Waals surface area contributed by atoms with E-state index in [1.807, 2.05) is 0 Å². The fraction of sp³-hybridized carbons (Fsp3) is 0.625. The summed E-state index contributed by atoms with van der Waals surface area (Å²) in [6.45, 7) is 3.54. The lowest BCUT2D eigenvalue weighted by Crippen LogP contribution is -2.47. The van der Waals surface area contributed by atoms with E-state index >= 15 is 0 Å². The molecule has 1 aromatic carbocycles. The van der Waals surface area contributed by atoms with Gasteiger partial charge in [-0.05, 0) is 30.9 Å². The normalized spacial score (nSPS) is 21.0. The number of nitrogens with zero attached hydrogens (tertiary/aromatic N) is 1. The number of benzene rings is 1. The minimum Gasteiger partial charge on any atom is -0.314 e. The van der Waals surface area contributed by atoms with Crippen LogP contribution < -0.4 is 5.32 Å². The molecule has 0 bridgehead atoms. The van der Waals surface area contributed by atoms with Gasteiger partial charge in [-0.25, -0.2) is 8.78 Å². The summed E-state index contributed by atoms with van der Waals surface area (Å²) in [6.07, 6.45) is 4.54. The molecule has 3 rings (SSSR count). The lowest BCUT2D eigenvalue weighted by molar-refractivity contribution is 0.119. The van der Waals surface area contributed by atoms with Crippen molar-refractivity contribution in [1.82, 2.24) is 10.2 Å². The highest BCUT2D eigenvalue weighted by Crippen LogP contribution is 2.41. The van der Waals surface area contributed by atoms with Gasteiger partial charge in [0.25, 0.3) is 0 Å². The first kappa shape index (κ1) is 19.6. The average molecular weight is 353 g/mol. The molecule has 0 radical (unpaired) electrons. The summed E-state index contributed by atoms with van der Waals surface area (Å²) in [7, 11) is 0. The second kappa shape index (κ2) is 9.02. The lowest BCUT2D eigenvalue weighted by Gasteiger charge is -2.38. The van der Waals surface area contributed by atoms with Crippen molar-refractivity contribution in [3.05, 3.63) is 35.4 Å². The molecule has 2 aliphatic rings. The average Bonchev–Trinajstić information content (AvgIpc) is 2.98. The number of nitrogens with one attached hydrogen (secondary N) is 1. The maximum absolute atomic E-state index is 14.2. The predicted molar refractivity (Wildman–Crippen MR) is 90.0 cm³/mol. The Bertz CT molecular complexity index is 441. The third-order valence-electron chi connectivity index (χ3n) is 4.69. The van der Waals surface area contributed by atoms with Crippen molar-refractivity contribution in [2.45, 2.75) is 31.7 Å². The molecule has 1 saturated heterocycles. The van der Waals surface area contributed by atoms with Gasteiger partial charge in [-0.2, -0.15) is 0 Å². The Kier molecular flexibility index (Phi) is 8.04. The molecular weight excluding hydrogens is 329 g/mol. The molecule has 0 spiro atoms. The van der Waals surface area contributed by atoms with Gasteiger partial charge in [-0.15, -0.1) is 24.8 Å². The molecule has 2 nitrogen and oxygen atoms in total. The monoisotopic (exact) mass is 352 g/mol. The molecule has 0 amide bonds. The van der Waals surface area contributed by atoms with Crippen LogP contribution in [0.25, 0.3) is 0 Å². The Morgan fingerprint density at radius 3 is 2.09 bits per heavy atom. The quantitative estimate of drug-likeness (QED) is 0.885. The molecule has 1 aromatic rings. The van der Waals surface area contributed by atoms with E-state index < -0.39 is 0 Å². The SMILES string of the molecule is Cl.Cl.Fc1cccc(F)c1[C@@H](C1CCCC1)N1CCNCC1. The molecule has 1 N–H and O–H groups in total. The summed E-state index contributed by atoms with van der Waals surface area (Å²) in [5.41, 5.74) is 0.293. The molecule has 0 aromatic heterocycles. The number of halogens is 4. The predicted octanol–water partition coefficient (Wildman–Crippen LogP) is 3.94. The van der Waals surface area contributed by atoms with E-state index in [4.69, 9.17) is 0 Å². The van der Waals surface area contributed by atoms with E-state index in [1.165, 1.54) is 31.0 Å². The van der Waals surface area contributed by atoms with Crippen LogP contribution in [-0.2, 0) is 0 Å². The van der Waals surface area contributed by atoms with Crippen LogP contribution in [0.4, 0.5) is 8.78 Å². The zero-order valence-corrected chi connectivity index (χ0v) is 14.2. The summed E-state index contributed by atoms with van der Waals surface area (Å²) in [5.74, 6) is -0.389. The molecule has 1 saturated carbocycles. The van der Waals surface area contributed by atoms with Gasteiger partial charge in [0.15, 0.2) is 0 Å². The largest absolute Gasteiger partial charge is 0.314 e. The van der Waals surface area contributed by atoms with Crippen LogP contribution in [0.3, 0.4) is 0 Å². The summed E-state index contributed by atoms with van der Waals surface area (Å²) >= 11 is 0. The Balaban J connectivity index is 0.00000121. The third kappa shape index (κ3) is 4.10. The number of piperazine rings is 1. The highest BCUT2D eigenvalue weighted by molar-refractivity contribution is 5.85. The Hall–Kier alpha value is -0.420. The third-order valence-corrected chi connectivity index (χ3v) is 4.69. The van der Waals surface area contributed by atoms with E-state index in [0.717, 1.165) is 39.0 Å². The van der Waals surface area contributed by atoms with Crippen LogP contribution >= 0.6 is 24.8 Å². The van der Waals surface area contributed by atoms with Crippen molar-refractivity contribution in [2.24, 2.45) is 5.92 Å². The van der Waals surface area contributed by atoms with Gasteiger partial charge < -0.3 is 5.32 Å². The summed E-state index contributed by atoms with van der Waals surface area (Å²) in [6, 6.07) is 4.14. The first-order valence-corrected chi connectivity index (χ1v) is 7.66. The first-order chi connectivity index (χ1) is 9.77. The number of rotatable bonds is 3. The standard InChI is InChI=1S/C16H22F2N2.2ClH/c17-13-6-3-7-14(18)15(13)16(12-4-1-2-5-12)20-10-8-19-9-11-20;;/h3,6-7,12,16,19H,1-2,4-5,8-11H2;2*1H/t16-;;/m1../s1. The van der Waals surface area contributed by atoms with Crippen molar-refractivity contribution in [3.63, 3.8) is 0 Å². The van der Waals surface area contributed by atoms with Crippen molar-refractivity contribution in [1.29, 1.82) is 0 Å². The maximum atomic E-state index is 14.2. The van der Waals surface area contributed by atoms with Gasteiger partial charge in [0.05, 0.1) is 0 Å². The van der Waals surface area contributed by atoms with Crippen LogP contribution in [0.1, 0.15) is 37.3 Å². The van der Waals surface area contributed by atoms with Gasteiger partial charge >= 0.3 is 0 Å². The lowest BCUT2D eigenvalue weighted by atomic mass is 9.89. The zero-order valence-electron chi connectivity index (χ0n) is 12.6. The van der Waals surface area contributed by atoms with Gasteiger partial charge in [-0.1, -0.05) is 18.9 Å². The number of hydrogen-bond acceptors (Lipinski definition) is 2. The maximum Gasteiger partial charge on any atom is 0.130 e. The molecule has 6 heteroatoms. The molecule has 126 valence electrons. The molecule has 1 atom stereocenters. The van der Waals surface area contributed by atoms with Crippen LogP contribution in [0.5, 0.6) is 0 Å². The Labute approximate surface area is 143 Å². The summed E-state index contributed by atoms with van der Waals surface area (Å²) < 4.78 is 28.5. The minimum absolute atomic E-state index is 0. The summed E-state index contributed by atoms with van der Waals surface area (Å²) in [5, 5.41) is 3.31. The fourth-order valence-corrected chi connectivity index (χ4v) is 3.74.